The molecule has 0 bridgehead atoms. The average molecular weight is 724 g/mol. The minimum absolute atomic E-state index is 0.0611. The predicted molar refractivity (Wildman–Crippen MR) is 229 cm³/mol. The first kappa shape index (κ1) is 33.1. The maximum atomic E-state index is 4.02. The van der Waals surface area contributed by atoms with Crippen molar-refractivity contribution in [2.75, 3.05) is 0 Å². The predicted octanol–water partition coefficient (Wildman–Crippen LogP) is 10.1. The molecule has 4 nitrogen and oxygen atoms in total. The molecule has 1 aromatic heterocycles. The standard InChI is InChI=1S/C52H42N4/c1-5-18-35(19-6-1)49-53-50(36-20-7-2-8-21-36)55-51(54-49)37-22-17-27-40(32-37)56-47-31-16-14-29-42(47)44-33-43-41-28-13-15-30-45(41)52(46(43)34-48(44)56,38-23-9-3-10-24-38)39-25-11-4-12-26-39/h1-31,33-34,37,49-51,53-55H,32H2/p+1. The smallest absolute Gasteiger partial charge is 0.168 e. The van der Waals surface area contributed by atoms with Gasteiger partial charge in [0, 0.05) is 33.5 Å². The third-order valence-electron chi connectivity index (χ3n) is 12.5. The molecule has 56 heavy (non-hydrogen) atoms. The molecule has 2 aliphatic carbocycles. The lowest BCUT2D eigenvalue weighted by atomic mass is 9.67. The number of allylic oxidation sites excluding steroid dienone is 3. The van der Waals surface area contributed by atoms with Gasteiger partial charge in [0.1, 0.15) is 0 Å². The van der Waals surface area contributed by atoms with E-state index >= 15 is 0 Å². The molecule has 0 spiro atoms. The number of fused-ring (bicyclic) bond motifs is 6. The molecule has 2 heterocycles. The highest BCUT2D eigenvalue weighted by atomic mass is 15.4. The van der Waals surface area contributed by atoms with Crippen molar-refractivity contribution in [3.63, 3.8) is 0 Å². The molecule has 3 atom stereocenters. The number of nitrogens with zero attached hydrogens (tertiary/aromatic N) is 1. The molecule has 0 saturated carbocycles. The lowest BCUT2D eigenvalue weighted by Crippen LogP contribution is -2.96. The molecule has 1 saturated heterocycles. The number of benzene rings is 7. The van der Waals surface area contributed by atoms with E-state index in [-0.39, 0.29) is 24.4 Å². The maximum Gasteiger partial charge on any atom is 0.168 e. The van der Waals surface area contributed by atoms with Crippen LogP contribution in [-0.2, 0) is 5.41 Å². The second kappa shape index (κ2) is 13.5. The van der Waals surface area contributed by atoms with Gasteiger partial charge < -0.3 is 9.88 Å². The summed E-state index contributed by atoms with van der Waals surface area (Å²) in [7, 11) is 0. The van der Waals surface area contributed by atoms with Crippen LogP contribution >= 0.6 is 0 Å². The largest absolute Gasteiger partial charge is 0.313 e. The summed E-state index contributed by atoms with van der Waals surface area (Å²) < 4.78 is 2.56. The van der Waals surface area contributed by atoms with E-state index in [2.05, 4.69) is 221 Å². The molecule has 8 aromatic rings. The zero-order valence-corrected chi connectivity index (χ0v) is 31.1. The second-order valence-corrected chi connectivity index (χ2v) is 15.5. The highest BCUT2D eigenvalue weighted by Crippen LogP contribution is 2.57. The van der Waals surface area contributed by atoms with E-state index in [4.69, 9.17) is 0 Å². The summed E-state index contributed by atoms with van der Waals surface area (Å²) in [5.41, 5.74) is 13.8. The fourth-order valence-corrected chi connectivity index (χ4v) is 10.0. The Morgan fingerprint density at radius 3 is 1.75 bits per heavy atom. The van der Waals surface area contributed by atoms with Crippen molar-refractivity contribution < 1.29 is 5.32 Å². The number of hydrogen-bond donors (Lipinski definition) is 3. The van der Waals surface area contributed by atoms with Crippen molar-refractivity contribution in [1.82, 2.24) is 15.2 Å². The van der Waals surface area contributed by atoms with Crippen LogP contribution in [0.4, 0.5) is 0 Å². The van der Waals surface area contributed by atoms with Gasteiger partial charge in [-0.05, 0) is 64.1 Å². The van der Waals surface area contributed by atoms with E-state index in [0.717, 1.165) is 6.42 Å². The van der Waals surface area contributed by atoms with Crippen LogP contribution in [0.15, 0.2) is 200 Å². The zero-order valence-electron chi connectivity index (χ0n) is 31.1. The van der Waals surface area contributed by atoms with Gasteiger partial charge in [-0.2, -0.15) is 0 Å². The van der Waals surface area contributed by atoms with Crippen molar-refractivity contribution in [1.29, 1.82) is 0 Å². The monoisotopic (exact) mass is 723 g/mol. The molecule has 0 radical (unpaired) electrons. The Morgan fingerprint density at radius 2 is 1.09 bits per heavy atom. The fraction of sp³-hybridized carbons (Fsp3) is 0.115. The third kappa shape index (κ3) is 5.18. The van der Waals surface area contributed by atoms with Crippen molar-refractivity contribution in [3.8, 4) is 11.1 Å². The normalized spacial score (nSPS) is 21.1. The summed E-state index contributed by atoms with van der Waals surface area (Å²) in [5, 5.41) is 13.0. The van der Waals surface area contributed by atoms with Crippen LogP contribution in [0.2, 0.25) is 0 Å². The Morgan fingerprint density at radius 1 is 0.518 bits per heavy atom. The highest BCUT2D eigenvalue weighted by molar-refractivity contribution is 6.12. The number of nitrogens with one attached hydrogen (secondary N) is 2. The lowest BCUT2D eigenvalue weighted by Gasteiger charge is -2.40. The van der Waals surface area contributed by atoms with E-state index in [9.17, 15) is 0 Å². The molecule has 3 unspecified atom stereocenters. The zero-order chi connectivity index (χ0) is 37.1. The Bertz CT molecular complexity index is 2680. The second-order valence-electron chi connectivity index (χ2n) is 15.5. The molecule has 7 aromatic carbocycles. The van der Waals surface area contributed by atoms with Crippen LogP contribution in [-0.4, -0.2) is 10.7 Å². The van der Waals surface area contributed by atoms with Gasteiger partial charge in [-0.3, -0.25) is 0 Å². The minimum atomic E-state index is -0.460. The van der Waals surface area contributed by atoms with Gasteiger partial charge in [-0.1, -0.05) is 176 Å². The van der Waals surface area contributed by atoms with E-state index < -0.39 is 5.41 Å². The fourth-order valence-electron chi connectivity index (χ4n) is 10.0. The summed E-state index contributed by atoms with van der Waals surface area (Å²) in [5.74, 6) is 0.226. The van der Waals surface area contributed by atoms with E-state index in [1.54, 1.807) is 0 Å². The summed E-state index contributed by atoms with van der Waals surface area (Å²) in [4.78, 5) is 0. The molecular formula is C52H43N4+. The Balaban J connectivity index is 1.06. The van der Waals surface area contributed by atoms with Crippen molar-refractivity contribution in [2.24, 2.45) is 5.92 Å². The summed E-state index contributed by atoms with van der Waals surface area (Å²) in [6.07, 6.45) is 8.20. The number of para-hydroxylation sites is 1. The third-order valence-corrected chi connectivity index (χ3v) is 12.5. The van der Waals surface area contributed by atoms with Gasteiger partial charge in [-0.25, -0.2) is 10.6 Å². The molecule has 0 amide bonds. The van der Waals surface area contributed by atoms with E-state index in [0.29, 0.717) is 0 Å². The first-order valence-corrected chi connectivity index (χ1v) is 19.9. The van der Waals surface area contributed by atoms with Crippen LogP contribution < -0.4 is 16.0 Å². The highest BCUT2D eigenvalue weighted by Gasteiger charge is 2.46. The van der Waals surface area contributed by atoms with Crippen molar-refractivity contribution in [3.05, 3.63) is 234 Å². The van der Waals surface area contributed by atoms with Crippen LogP contribution in [0.3, 0.4) is 0 Å². The molecule has 4 N–H and O–H groups in total. The quantitative estimate of drug-likeness (QED) is 0.160. The van der Waals surface area contributed by atoms with Crippen LogP contribution in [0.5, 0.6) is 0 Å². The van der Waals surface area contributed by atoms with Crippen LogP contribution in [0.1, 0.15) is 52.1 Å². The molecule has 4 heteroatoms. The van der Waals surface area contributed by atoms with Gasteiger partial charge in [0.05, 0.1) is 22.6 Å². The summed E-state index contributed by atoms with van der Waals surface area (Å²) >= 11 is 0. The minimum Gasteiger partial charge on any atom is -0.313 e. The summed E-state index contributed by atoms with van der Waals surface area (Å²) in [6.45, 7) is 0. The first-order valence-electron chi connectivity index (χ1n) is 19.9. The Hall–Kier alpha value is -6.30. The van der Waals surface area contributed by atoms with Crippen LogP contribution in [0.25, 0.3) is 38.6 Å². The molecule has 270 valence electrons. The first-order chi connectivity index (χ1) is 27.8. The van der Waals surface area contributed by atoms with Gasteiger partial charge in [0.25, 0.3) is 0 Å². The van der Waals surface area contributed by atoms with Gasteiger partial charge in [0.2, 0.25) is 0 Å². The van der Waals surface area contributed by atoms with Gasteiger partial charge in [0.15, 0.2) is 12.3 Å². The van der Waals surface area contributed by atoms with Gasteiger partial charge >= 0.3 is 0 Å². The number of quaternary nitrogens is 1. The molecule has 1 aliphatic heterocycles. The number of hydrogen-bond acceptors (Lipinski definition) is 2. The lowest BCUT2D eigenvalue weighted by molar-refractivity contribution is -0.755. The number of nitrogens with two attached hydrogens (primary N) is 1. The molecule has 3 aliphatic rings. The SMILES string of the molecule is C1=CC(C2NC(c3ccccc3)[NH2+]C(c3ccccc3)N2)CC(n2c3ccccc3c3cc4c(cc32)C(c2ccccc2)(c2ccccc2)c2ccccc2-4)=C1. The Labute approximate surface area is 327 Å². The molecule has 1 fully saturated rings. The number of aromatic nitrogens is 1. The summed E-state index contributed by atoms with van der Waals surface area (Å²) in [6, 6.07) is 67.0. The van der Waals surface area contributed by atoms with Crippen LogP contribution in [0, 0.1) is 5.92 Å². The average Bonchev–Trinajstić information content (AvgIpc) is 3.76. The topological polar surface area (TPSA) is 45.6 Å². The van der Waals surface area contributed by atoms with E-state index in [1.165, 1.54) is 72.0 Å². The number of rotatable bonds is 6. The van der Waals surface area contributed by atoms with Crippen molar-refractivity contribution >= 4 is 27.5 Å². The Kier molecular flexibility index (Phi) is 7.95. The molecular weight excluding hydrogens is 681 g/mol. The van der Waals surface area contributed by atoms with Gasteiger partial charge in [-0.15, -0.1) is 0 Å². The maximum absolute atomic E-state index is 4.02. The van der Waals surface area contributed by atoms with Crippen molar-refractivity contribution in [2.45, 2.75) is 30.3 Å². The molecule has 11 rings (SSSR count). The van der Waals surface area contributed by atoms with E-state index in [1.807, 2.05) is 0 Å².